The summed E-state index contributed by atoms with van der Waals surface area (Å²) in [6.45, 7) is 2.17. The van der Waals surface area contributed by atoms with Gasteiger partial charge in [0.05, 0.1) is 11.0 Å². The normalized spacial score (nSPS) is 19.6. The lowest BCUT2D eigenvalue weighted by atomic mass is 9.81. The van der Waals surface area contributed by atoms with Crippen molar-refractivity contribution in [1.82, 2.24) is 4.90 Å². The lowest BCUT2D eigenvalue weighted by Crippen LogP contribution is -2.48. The van der Waals surface area contributed by atoms with Gasteiger partial charge < -0.3 is 10.0 Å². The van der Waals surface area contributed by atoms with Crippen LogP contribution >= 0.6 is 0 Å². The highest BCUT2D eigenvalue weighted by molar-refractivity contribution is 6.15. The largest absolute Gasteiger partial charge is 0.481 e. The lowest BCUT2D eigenvalue weighted by molar-refractivity contribution is -0.150. The Hall–Kier alpha value is -3.02. The van der Waals surface area contributed by atoms with E-state index in [9.17, 15) is 23.9 Å². The third-order valence-corrected chi connectivity index (χ3v) is 5.01. The fourth-order valence-corrected chi connectivity index (χ4v) is 3.38. The molecule has 5 nitrogen and oxygen atoms in total. The van der Waals surface area contributed by atoms with Gasteiger partial charge in [-0.25, -0.2) is 4.39 Å². The number of carboxylic acid groups (broad SMARTS) is 1. The molecule has 2 aromatic carbocycles. The molecule has 0 bridgehead atoms. The molecule has 1 aliphatic rings. The van der Waals surface area contributed by atoms with Gasteiger partial charge in [-0.05, 0) is 50.1 Å². The molecule has 0 aliphatic carbocycles. The topological polar surface area (TPSA) is 74.7 Å². The van der Waals surface area contributed by atoms with E-state index in [4.69, 9.17) is 0 Å². The minimum atomic E-state index is -0.996. The van der Waals surface area contributed by atoms with E-state index in [0.717, 1.165) is 0 Å². The second kappa shape index (κ2) is 7.31. The molecular formula is C21H20FNO4. The average molecular weight is 369 g/mol. The molecule has 1 atom stereocenters. The van der Waals surface area contributed by atoms with Crippen LogP contribution in [0.25, 0.3) is 0 Å². The number of amides is 1. The molecule has 1 fully saturated rings. The molecule has 1 heterocycles. The van der Waals surface area contributed by atoms with Crippen molar-refractivity contribution in [3.05, 3.63) is 71.0 Å². The number of carbonyl (C=O) groups excluding carboxylic acids is 2. The first kappa shape index (κ1) is 18.8. The number of benzene rings is 2. The summed E-state index contributed by atoms with van der Waals surface area (Å²) in [6, 6.07) is 11.6. The third-order valence-electron chi connectivity index (χ3n) is 5.01. The Morgan fingerprint density at radius 2 is 1.67 bits per heavy atom. The number of ketones is 1. The van der Waals surface area contributed by atoms with Crippen LogP contribution in [0.3, 0.4) is 0 Å². The van der Waals surface area contributed by atoms with Crippen molar-refractivity contribution in [1.29, 1.82) is 0 Å². The number of piperidine rings is 1. The predicted octanol–water partition coefficient (Wildman–Crippen LogP) is 3.38. The second-order valence-electron chi connectivity index (χ2n) is 7.08. The van der Waals surface area contributed by atoms with Crippen LogP contribution in [0.2, 0.25) is 0 Å². The zero-order chi connectivity index (χ0) is 19.6. The number of rotatable bonds is 4. The maximum Gasteiger partial charge on any atom is 0.311 e. The molecule has 2 aromatic rings. The number of likely N-dealkylation sites (tertiary alicyclic amines) is 1. The first-order valence-electron chi connectivity index (χ1n) is 8.74. The predicted molar refractivity (Wildman–Crippen MR) is 97.2 cm³/mol. The van der Waals surface area contributed by atoms with Crippen molar-refractivity contribution in [2.24, 2.45) is 5.41 Å². The number of hydrogen-bond acceptors (Lipinski definition) is 3. The van der Waals surface area contributed by atoms with E-state index in [1.165, 1.54) is 29.2 Å². The molecule has 1 aliphatic heterocycles. The molecule has 6 heteroatoms. The number of aliphatic carboxylic acids is 1. The minimum absolute atomic E-state index is 0.0975. The Labute approximate surface area is 156 Å². The quantitative estimate of drug-likeness (QED) is 0.839. The molecule has 27 heavy (non-hydrogen) atoms. The summed E-state index contributed by atoms with van der Waals surface area (Å²) < 4.78 is 13.1. The van der Waals surface area contributed by atoms with Crippen molar-refractivity contribution in [3.8, 4) is 0 Å². The number of carbonyl (C=O) groups is 3. The van der Waals surface area contributed by atoms with Crippen LogP contribution in [0.15, 0.2) is 48.5 Å². The summed E-state index contributed by atoms with van der Waals surface area (Å²) >= 11 is 0. The molecular weight excluding hydrogens is 349 g/mol. The second-order valence-corrected chi connectivity index (χ2v) is 7.08. The van der Waals surface area contributed by atoms with Gasteiger partial charge in [-0.2, -0.15) is 0 Å². The van der Waals surface area contributed by atoms with Gasteiger partial charge in [0.2, 0.25) is 0 Å². The van der Waals surface area contributed by atoms with Crippen LogP contribution < -0.4 is 0 Å². The van der Waals surface area contributed by atoms with E-state index >= 15 is 0 Å². The summed E-state index contributed by atoms with van der Waals surface area (Å²) in [5.74, 6) is -2.13. The smallest absolute Gasteiger partial charge is 0.311 e. The fourth-order valence-electron chi connectivity index (χ4n) is 3.38. The first-order valence-corrected chi connectivity index (χ1v) is 8.74. The Kier molecular flexibility index (Phi) is 5.08. The zero-order valence-electron chi connectivity index (χ0n) is 14.9. The van der Waals surface area contributed by atoms with E-state index in [1.54, 1.807) is 31.2 Å². The van der Waals surface area contributed by atoms with Crippen LogP contribution in [0.5, 0.6) is 0 Å². The van der Waals surface area contributed by atoms with Crippen molar-refractivity contribution in [2.75, 3.05) is 13.1 Å². The highest BCUT2D eigenvalue weighted by Crippen LogP contribution is 2.31. The maximum atomic E-state index is 13.1. The molecule has 3 rings (SSSR count). The highest BCUT2D eigenvalue weighted by atomic mass is 19.1. The Balaban J connectivity index is 1.91. The Bertz CT molecular complexity index is 893. The van der Waals surface area contributed by atoms with E-state index in [0.29, 0.717) is 19.4 Å². The van der Waals surface area contributed by atoms with Crippen LogP contribution in [-0.4, -0.2) is 40.8 Å². The molecule has 0 aromatic heterocycles. The monoisotopic (exact) mass is 369 g/mol. The van der Waals surface area contributed by atoms with Crippen molar-refractivity contribution < 1.29 is 23.9 Å². The van der Waals surface area contributed by atoms with Crippen LogP contribution in [0, 0.1) is 11.2 Å². The molecule has 1 amide bonds. The van der Waals surface area contributed by atoms with E-state index in [-0.39, 0.29) is 34.9 Å². The zero-order valence-corrected chi connectivity index (χ0v) is 14.9. The number of nitrogens with zero attached hydrogens (tertiary/aromatic N) is 1. The summed E-state index contributed by atoms with van der Waals surface area (Å²) in [4.78, 5) is 38.9. The minimum Gasteiger partial charge on any atom is -0.481 e. The van der Waals surface area contributed by atoms with E-state index < -0.39 is 17.2 Å². The molecule has 1 saturated heterocycles. The standard InChI is InChI=1S/C21H20FNO4/c1-21(20(26)27)11-4-12-23(13-21)19(25)17-6-3-2-5-16(17)18(24)14-7-9-15(22)10-8-14/h2-3,5-10H,4,11-13H2,1H3,(H,26,27). The Morgan fingerprint density at radius 3 is 2.30 bits per heavy atom. The first-order chi connectivity index (χ1) is 12.8. The summed E-state index contributed by atoms with van der Waals surface area (Å²) in [6.07, 6.45) is 1.09. The third kappa shape index (κ3) is 3.74. The molecule has 0 saturated carbocycles. The summed E-state index contributed by atoms with van der Waals surface area (Å²) in [5, 5.41) is 9.46. The number of carboxylic acids is 1. The maximum absolute atomic E-state index is 13.1. The summed E-state index contributed by atoms with van der Waals surface area (Å²) in [5.41, 5.74) is -0.270. The van der Waals surface area contributed by atoms with Crippen LogP contribution in [0.1, 0.15) is 46.0 Å². The SMILES string of the molecule is CC1(C(=O)O)CCCN(C(=O)c2ccccc2C(=O)c2ccc(F)cc2)C1. The van der Waals surface area contributed by atoms with Gasteiger partial charge in [-0.3, -0.25) is 14.4 Å². The average Bonchev–Trinajstić information content (AvgIpc) is 2.67. The lowest BCUT2D eigenvalue weighted by Gasteiger charge is -2.37. The van der Waals surface area contributed by atoms with Crippen LogP contribution in [0.4, 0.5) is 4.39 Å². The molecule has 140 valence electrons. The van der Waals surface area contributed by atoms with Gasteiger partial charge in [0.15, 0.2) is 5.78 Å². The number of hydrogen-bond donors (Lipinski definition) is 1. The Morgan fingerprint density at radius 1 is 1.04 bits per heavy atom. The number of halogens is 1. The van der Waals surface area contributed by atoms with Gasteiger partial charge in [0.25, 0.3) is 5.91 Å². The van der Waals surface area contributed by atoms with E-state index in [1.807, 2.05) is 0 Å². The molecule has 1 unspecified atom stereocenters. The van der Waals surface area contributed by atoms with Gasteiger partial charge in [0, 0.05) is 24.2 Å². The molecule has 0 radical (unpaired) electrons. The van der Waals surface area contributed by atoms with Crippen molar-refractivity contribution in [2.45, 2.75) is 19.8 Å². The van der Waals surface area contributed by atoms with Gasteiger partial charge >= 0.3 is 5.97 Å². The van der Waals surface area contributed by atoms with Gasteiger partial charge in [0.1, 0.15) is 5.82 Å². The summed E-state index contributed by atoms with van der Waals surface area (Å²) in [7, 11) is 0. The van der Waals surface area contributed by atoms with Crippen molar-refractivity contribution >= 4 is 17.7 Å². The van der Waals surface area contributed by atoms with Gasteiger partial charge in [-0.1, -0.05) is 18.2 Å². The molecule has 0 spiro atoms. The fraction of sp³-hybridized carbons (Fsp3) is 0.286. The van der Waals surface area contributed by atoms with Gasteiger partial charge in [-0.15, -0.1) is 0 Å². The molecule has 1 N–H and O–H groups in total. The van der Waals surface area contributed by atoms with E-state index in [2.05, 4.69) is 0 Å². The highest BCUT2D eigenvalue weighted by Gasteiger charge is 2.40. The van der Waals surface area contributed by atoms with Crippen LogP contribution in [-0.2, 0) is 4.79 Å². The van der Waals surface area contributed by atoms with Crippen molar-refractivity contribution in [3.63, 3.8) is 0 Å².